The van der Waals surface area contributed by atoms with Crippen molar-refractivity contribution in [1.29, 1.82) is 0 Å². The molecule has 0 fully saturated rings. The molecule has 3 nitrogen and oxygen atoms in total. The van der Waals surface area contributed by atoms with Crippen LogP contribution in [0.4, 0.5) is 5.82 Å². The molecule has 1 N–H and O–H groups in total. The second-order valence-corrected chi connectivity index (χ2v) is 8.98. The highest BCUT2D eigenvalue weighted by atomic mass is 79.9. The zero-order valence-electron chi connectivity index (χ0n) is 12.7. The number of nitrogens with one attached hydrogen (secondary N) is 1. The van der Waals surface area contributed by atoms with Gasteiger partial charge in [-0.25, -0.2) is 4.68 Å². The Kier molecular flexibility index (Phi) is 4.60. The number of rotatable bonds is 2. The molecule has 0 unspecified atom stereocenters. The average Bonchev–Trinajstić information content (AvgIpc) is 3.03. The molecule has 1 aromatic carbocycles. The van der Waals surface area contributed by atoms with Gasteiger partial charge in [0.15, 0.2) is 0 Å². The minimum Gasteiger partial charge on any atom is -0.370 e. The first-order valence-electron chi connectivity index (χ1n) is 7.70. The molecule has 1 aliphatic heterocycles. The van der Waals surface area contributed by atoms with Gasteiger partial charge >= 0.3 is 0 Å². The number of halogens is 3. The van der Waals surface area contributed by atoms with Crippen LogP contribution in [0.25, 0.3) is 16.3 Å². The normalized spacial score (nSPS) is 14.1. The molecule has 0 saturated heterocycles. The summed E-state index contributed by atoms with van der Waals surface area (Å²) >= 11 is 17.7. The predicted octanol–water partition coefficient (Wildman–Crippen LogP) is 6.42. The molecule has 7 heteroatoms. The van der Waals surface area contributed by atoms with E-state index in [4.69, 9.17) is 28.3 Å². The van der Waals surface area contributed by atoms with Gasteiger partial charge in [0.1, 0.15) is 11.5 Å². The second-order valence-electron chi connectivity index (χ2n) is 5.67. The zero-order chi connectivity index (χ0) is 16.7. The van der Waals surface area contributed by atoms with Gasteiger partial charge in [-0.3, -0.25) is 0 Å². The molecule has 0 atom stereocenters. The molecule has 2 aromatic heterocycles. The van der Waals surface area contributed by atoms with E-state index in [1.807, 2.05) is 16.8 Å². The lowest BCUT2D eigenvalue weighted by molar-refractivity contribution is 0.780. The lowest BCUT2D eigenvalue weighted by Gasteiger charge is -2.10. The van der Waals surface area contributed by atoms with Gasteiger partial charge in [0.25, 0.3) is 0 Å². The van der Waals surface area contributed by atoms with E-state index >= 15 is 0 Å². The van der Waals surface area contributed by atoms with Crippen molar-refractivity contribution >= 4 is 56.3 Å². The maximum absolute atomic E-state index is 6.43. The van der Waals surface area contributed by atoms with E-state index in [2.05, 4.69) is 33.4 Å². The quantitative estimate of drug-likeness (QED) is 0.496. The van der Waals surface area contributed by atoms with Crippen molar-refractivity contribution in [2.24, 2.45) is 0 Å². The minimum absolute atomic E-state index is 0.595. The first-order valence-corrected chi connectivity index (χ1v) is 10.1. The molecule has 0 aliphatic carbocycles. The van der Waals surface area contributed by atoms with Crippen LogP contribution in [0.5, 0.6) is 0 Å². The highest BCUT2D eigenvalue weighted by molar-refractivity contribution is 9.11. The second kappa shape index (κ2) is 6.71. The fourth-order valence-corrected chi connectivity index (χ4v) is 4.86. The Morgan fingerprint density at radius 2 is 2.04 bits per heavy atom. The number of hydrogen-bond donors (Lipinski definition) is 1. The van der Waals surface area contributed by atoms with Gasteiger partial charge in [-0.15, -0.1) is 11.3 Å². The summed E-state index contributed by atoms with van der Waals surface area (Å²) in [6.07, 6.45) is 3.31. The SMILES string of the molecule is Clc1ccc(-n2nc(-c3ccc(Br)s3)c3c2NCCCC3)c(Cl)c1. The molecule has 124 valence electrons. The first kappa shape index (κ1) is 16.5. The fraction of sp³-hybridized carbons (Fsp3) is 0.235. The van der Waals surface area contributed by atoms with E-state index in [9.17, 15) is 0 Å². The lowest BCUT2D eigenvalue weighted by atomic mass is 10.1. The maximum Gasteiger partial charge on any atom is 0.133 e. The minimum atomic E-state index is 0.595. The molecule has 3 heterocycles. The Balaban J connectivity index is 1.92. The Labute approximate surface area is 162 Å². The maximum atomic E-state index is 6.43. The number of benzene rings is 1. The number of aromatic nitrogens is 2. The van der Waals surface area contributed by atoms with Crippen LogP contribution in [0.1, 0.15) is 18.4 Å². The van der Waals surface area contributed by atoms with E-state index in [1.54, 1.807) is 17.4 Å². The summed E-state index contributed by atoms with van der Waals surface area (Å²) in [6.45, 7) is 0.942. The topological polar surface area (TPSA) is 29.9 Å². The Hall–Kier alpha value is -1.01. The smallest absolute Gasteiger partial charge is 0.133 e. The Morgan fingerprint density at radius 3 is 2.79 bits per heavy atom. The lowest BCUT2D eigenvalue weighted by Crippen LogP contribution is -2.07. The van der Waals surface area contributed by atoms with Crippen LogP contribution >= 0.6 is 50.5 Å². The third kappa shape index (κ3) is 2.99. The molecular weight excluding hydrogens is 429 g/mol. The number of nitrogens with zero attached hydrogens (tertiary/aromatic N) is 2. The van der Waals surface area contributed by atoms with Crippen molar-refractivity contribution in [3.05, 3.63) is 49.7 Å². The van der Waals surface area contributed by atoms with Gasteiger partial charge in [0, 0.05) is 17.1 Å². The molecule has 0 spiro atoms. The standard InChI is InChI=1S/C17H14BrCl2N3S/c18-15-7-6-14(24-15)16-11-3-1-2-8-21-17(11)23(22-16)13-5-4-10(19)9-12(13)20/h4-7,9,21H,1-3,8H2. The van der Waals surface area contributed by atoms with E-state index in [0.717, 1.165) is 51.7 Å². The van der Waals surface area contributed by atoms with E-state index in [-0.39, 0.29) is 0 Å². The fourth-order valence-electron chi connectivity index (χ4n) is 2.97. The van der Waals surface area contributed by atoms with Crippen LogP contribution in [0.2, 0.25) is 10.0 Å². The van der Waals surface area contributed by atoms with Crippen LogP contribution in [0.3, 0.4) is 0 Å². The van der Waals surface area contributed by atoms with Crippen molar-refractivity contribution in [3.8, 4) is 16.3 Å². The molecule has 0 saturated carbocycles. The van der Waals surface area contributed by atoms with Crippen LogP contribution in [-0.4, -0.2) is 16.3 Å². The van der Waals surface area contributed by atoms with Gasteiger partial charge in [0.05, 0.1) is 19.4 Å². The van der Waals surface area contributed by atoms with Crippen molar-refractivity contribution in [2.75, 3.05) is 11.9 Å². The zero-order valence-corrected chi connectivity index (χ0v) is 16.6. The first-order chi connectivity index (χ1) is 11.6. The third-order valence-corrected chi connectivity index (χ3v) is 6.24. The van der Waals surface area contributed by atoms with Crippen LogP contribution in [0, 0.1) is 0 Å². The van der Waals surface area contributed by atoms with Crippen molar-refractivity contribution in [1.82, 2.24) is 9.78 Å². The van der Waals surface area contributed by atoms with Gasteiger partial charge in [-0.05, 0) is 65.5 Å². The molecule has 3 aromatic rings. The summed E-state index contributed by atoms with van der Waals surface area (Å²) in [6, 6.07) is 9.68. The average molecular weight is 443 g/mol. The molecular formula is C17H14BrCl2N3S. The molecule has 1 aliphatic rings. The van der Waals surface area contributed by atoms with E-state index in [0.29, 0.717) is 10.0 Å². The highest BCUT2D eigenvalue weighted by Crippen LogP contribution is 2.39. The number of hydrogen-bond acceptors (Lipinski definition) is 3. The van der Waals surface area contributed by atoms with Gasteiger partial charge in [-0.1, -0.05) is 23.2 Å². The number of fused-ring (bicyclic) bond motifs is 1. The molecule has 0 bridgehead atoms. The van der Waals surface area contributed by atoms with Crippen molar-refractivity contribution in [3.63, 3.8) is 0 Å². The number of anilines is 1. The summed E-state index contributed by atoms with van der Waals surface area (Å²) in [5.41, 5.74) is 3.13. The monoisotopic (exact) mass is 441 g/mol. The van der Waals surface area contributed by atoms with Gasteiger partial charge in [-0.2, -0.15) is 5.10 Å². The van der Waals surface area contributed by atoms with Crippen LogP contribution < -0.4 is 5.32 Å². The summed E-state index contributed by atoms with van der Waals surface area (Å²) < 4.78 is 3.02. The van der Waals surface area contributed by atoms with E-state index < -0.39 is 0 Å². The predicted molar refractivity (Wildman–Crippen MR) is 106 cm³/mol. The van der Waals surface area contributed by atoms with Crippen molar-refractivity contribution < 1.29 is 0 Å². The summed E-state index contributed by atoms with van der Waals surface area (Å²) in [7, 11) is 0. The van der Waals surface area contributed by atoms with E-state index in [1.165, 1.54) is 5.56 Å². The summed E-state index contributed by atoms with van der Waals surface area (Å²) in [4.78, 5) is 1.16. The van der Waals surface area contributed by atoms with Crippen molar-refractivity contribution in [2.45, 2.75) is 19.3 Å². The molecule has 4 rings (SSSR count). The third-order valence-electron chi connectivity index (χ3n) is 4.07. The molecule has 0 amide bonds. The number of thiophene rings is 1. The van der Waals surface area contributed by atoms with Crippen LogP contribution in [0.15, 0.2) is 34.1 Å². The Bertz CT molecular complexity index is 903. The summed E-state index contributed by atoms with van der Waals surface area (Å²) in [5, 5.41) is 9.64. The van der Waals surface area contributed by atoms with Gasteiger partial charge < -0.3 is 5.32 Å². The van der Waals surface area contributed by atoms with Gasteiger partial charge in [0.2, 0.25) is 0 Å². The largest absolute Gasteiger partial charge is 0.370 e. The summed E-state index contributed by atoms with van der Waals surface area (Å²) in [5.74, 6) is 1.04. The Morgan fingerprint density at radius 1 is 1.17 bits per heavy atom. The molecule has 0 radical (unpaired) electrons. The molecule has 24 heavy (non-hydrogen) atoms. The highest BCUT2D eigenvalue weighted by Gasteiger charge is 2.23. The van der Waals surface area contributed by atoms with Crippen LogP contribution in [-0.2, 0) is 6.42 Å².